The molecule has 1 aromatic heterocycles. The third-order valence-electron chi connectivity index (χ3n) is 2.75. The molecule has 0 spiro atoms. The van der Waals surface area contributed by atoms with Gasteiger partial charge in [0.05, 0.1) is 21.8 Å². The van der Waals surface area contributed by atoms with Crippen LogP contribution in [0.4, 0.5) is 11.5 Å². The van der Waals surface area contributed by atoms with Crippen molar-refractivity contribution in [3.63, 3.8) is 0 Å². The fourth-order valence-electron chi connectivity index (χ4n) is 1.74. The largest absolute Gasteiger partial charge is 0.384 e. The van der Waals surface area contributed by atoms with Gasteiger partial charge in [0.15, 0.2) is 0 Å². The number of hydrogen-bond donors (Lipinski definition) is 2. The van der Waals surface area contributed by atoms with Crippen molar-refractivity contribution in [2.75, 3.05) is 11.1 Å². The van der Waals surface area contributed by atoms with E-state index in [1.807, 2.05) is 0 Å². The van der Waals surface area contributed by atoms with Crippen LogP contribution in [-0.4, -0.2) is 10.9 Å². The Labute approximate surface area is 121 Å². The third-order valence-corrected chi connectivity index (χ3v) is 3.06. The lowest BCUT2D eigenvalue weighted by atomic mass is 10.1. The van der Waals surface area contributed by atoms with Crippen LogP contribution in [0.2, 0.25) is 5.02 Å². The number of anilines is 2. The maximum Gasteiger partial charge on any atom is 0.257 e. The molecule has 20 heavy (non-hydrogen) atoms. The SMILES string of the molecule is Cc1cccc(NC(=O)c2cc(N)ncc2Cl)c1C#N. The van der Waals surface area contributed by atoms with Crippen LogP contribution < -0.4 is 11.1 Å². The Kier molecular flexibility index (Phi) is 3.87. The highest BCUT2D eigenvalue weighted by Crippen LogP contribution is 2.22. The van der Waals surface area contributed by atoms with Gasteiger partial charge in [-0.25, -0.2) is 4.98 Å². The fraction of sp³-hybridized carbons (Fsp3) is 0.0714. The van der Waals surface area contributed by atoms with Gasteiger partial charge in [0.2, 0.25) is 0 Å². The zero-order valence-electron chi connectivity index (χ0n) is 10.6. The summed E-state index contributed by atoms with van der Waals surface area (Å²) in [6, 6.07) is 8.66. The van der Waals surface area contributed by atoms with E-state index in [2.05, 4.69) is 16.4 Å². The number of nitrogens with two attached hydrogens (primary N) is 1. The summed E-state index contributed by atoms with van der Waals surface area (Å²) in [6.45, 7) is 1.80. The van der Waals surface area contributed by atoms with Crippen LogP contribution in [0.3, 0.4) is 0 Å². The van der Waals surface area contributed by atoms with Gasteiger partial charge in [0.25, 0.3) is 5.91 Å². The van der Waals surface area contributed by atoms with Gasteiger partial charge in [-0.3, -0.25) is 4.79 Å². The topological polar surface area (TPSA) is 91.8 Å². The van der Waals surface area contributed by atoms with Crippen LogP contribution in [0.15, 0.2) is 30.5 Å². The van der Waals surface area contributed by atoms with E-state index in [1.54, 1.807) is 25.1 Å². The summed E-state index contributed by atoms with van der Waals surface area (Å²) in [4.78, 5) is 16.0. The summed E-state index contributed by atoms with van der Waals surface area (Å²) < 4.78 is 0. The number of carbonyl (C=O) groups excluding carboxylic acids is 1. The molecule has 2 rings (SSSR count). The van der Waals surface area contributed by atoms with Crippen LogP contribution in [0.25, 0.3) is 0 Å². The molecule has 1 aromatic carbocycles. The molecule has 1 heterocycles. The fourth-order valence-corrected chi connectivity index (χ4v) is 1.93. The van der Waals surface area contributed by atoms with Crippen LogP contribution in [-0.2, 0) is 0 Å². The van der Waals surface area contributed by atoms with E-state index >= 15 is 0 Å². The van der Waals surface area contributed by atoms with Gasteiger partial charge >= 0.3 is 0 Å². The van der Waals surface area contributed by atoms with Gasteiger partial charge in [-0.2, -0.15) is 5.26 Å². The van der Waals surface area contributed by atoms with Crippen LogP contribution in [0, 0.1) is 18.3 Å². The number of nitrogen functional groups attached to an aromatic ring is 1. The molecule has 0 radical (unpaired) electrons. The maximum absolute atomic E-state index is 12.2. The lowest BCUT2D eigenvalue weighted by molar-refractivity contribution is 0.102. The molecular formula is C14H11ClN4O. The molecule has 0 aliphatic carbocycles. The second-order valence-electron chi connectivity index (χ2n) is 4.15. The van der Waals surface area contributed by atoms with E-state index < -0.39 is 5.91 Å². The smallest absolute Gasteiger partial charge is 0.257 e. The van der Waals surface area contributed by atoms with Crippen molar-refractivity contribution < 1.29 is 4.79 Å². The van der Waals surface area contributed by atoms with Crippen molar-refractivity contribution >= 4 is 29.0 Å². The number of nitrogens with one attached hydrogen (secondary N) is 1. The van der Waals surface area contributed by atoms with E-state index in [0.717, 1.165) is 5.56 Å². The maximum atomic E-state index is 12.2. The predicted molar refractivity (Wildman–Crippen MR) is 77.5 cm³/mol. The molecule has 0 saturated carbocycles. The molecule has 3 N–H and O–H groups in total. The first-order valence-corrected chi connectivity index (χ1v) is 6.13. The second-order valence-corrected chi connectivity index (χ2v) is 4.56. The van der Waals surface area contributed by atoms with Gasteiger partial charge in [-0.1, -0.05) is 23.7 Å². The molecule has 0 saturated heterocycles. The summed E-state index contributed by atoms with van der Waals surface area (Å²) in [6.07, 6.45) is 1.31. The third kappa shape index (κ3) is 2.71. The number of rotatable bonds is 2. The number of aromatic nitrogens is 1. The Hall–Kier alpha value is -2.58. The van der Waals surface area contributed by atoms with Crippen molar-refractivity contribution in [2.45, 2.75) is 6.92 Å². The summed E-state index contributed by atoms with van der Waals surface area (Å²) in [5, 5.41) is 12.0. The molecule has 5 nitrogen and oxygen atoms in total. The van der Waals surface area contributed by atoms with E-state index in [4.69, 9.17) is 22.6 Å². The highest BCUT2D eigenvalue weighted by molar-refractivity contribution is 6.34. The molecule has 2 aromatic rings. The number of benzene rings is 1. The molecule has 0 aliphatic rings. The average molecular weight is 287 g/mol. The first-order valence-electron chi connectivity index (χ1n) is 5.75. The zero-order valence-corrected chi connectivity index (χ0v) is 11.4. The molecule has 0 bridgehead atoms. The molecule has 0 aliphatic heterocycles. The predicted octanol–water partition coefficient (Wildman–Crippen LogP) is 2.75. The first kappa shape index (κ1) is 13.8. The van der Waals surface area contributed by atoms with Gasteiger partial charge in [-0.15, -0.1) is 0 Å². The number of aryl methyl sites for hydroxylation is 1. The number of amides is 1. The number of hydrogen-bond acceptors (Lipinski definition) is 4. The van der Waals surface area contributed by atoms with Crippen LogP contribution in [0.1, 0.15) is 21.5 Å². The Balaban J connectivity index is 2.36. The van der Waals surface area contributed by atoms with E-state index in [0.29, 0.717) is 11.3 Å². The molecule has 0 unspecified atom stereocenters. The Bertz CT molecular complexity index is 722. The standard InChI is InChI=1S/C14H11ClN4O/c1-8-3-2-4-12(10(8)6-16)19-14(20)9-5-13(17)18-7-11(9)15/h2-5,7H,1H3,(H2,17,18)(H,19,20). The lowest BCUT2D eigenvalue weighted by Crippen LogP contribution is -2.14. The lowest BCUT2D eigenvalue weighted by Gasteiger charge is -2.09. The summed E-state index contributed by atoms with van der Waals surface area (Å²) >= 11 is 5.92. The van der Waals surface area contributed by atoms with Crippen molar-refractivity contribution in [3.8, 4) is 6.07 Å². The van der Waals surface area contributed by atoms with E-state index in [-0.39, 0.29) is 16.4 Å². The number of nitriles is 1. The molecule has 6 heteroatoms. The van der Waals surface area contributed by atoms with Gasteiger partial charge in [-0.05, 0) is 24.6 Å². The second kappa shape index (κ2) is 5.59. The van der Waals surface area contributed by atoms with Crippen LogP contribution >= 0.6 is 11.6 Å². The van der Waals surface area contributed by atoms with Crippen molar-refractivity contribution in [3.05, 3.63) is 52.2 Å². The summed E-state index contributed by atoms with van der Waals surface area (Å²) in [7, 11) is 0. The van der Waals surface area contributed by atoms with Crippen molar-refractivity contribution in [1.29, 1.82) is 5.26 Å². The number of nitrogens with zero attached hydrogens (tertiary/aromatic N) is 2. The van der Waals surface area contributed by atoms with Gasteiger partial charge < -0.3 is 11.1 Å². The minimum Gasteiger partial charge on any atom is -0.384 e. The minimum absolute atomic E-state index is 0.197. The quantitative estimate of drug-likeness (QED) is 0.888. The number of halogens is 1. The molecular weight excluding hydrogens is 276 g/mol. The molecule has 1 amide bonds. The first-order chi connectivity index (χ1) is 9.52. The number of carbonyl (C=O) groups is 1. The monoisotopic (exact) mass is 286 g/mol. The highest BCUT2D eigenvalue weighted by Gasteiger charge is 2.14. The summed E-state index contributed by atoms with van der Waals surface area (Å²) in [5.74, 6) is -0.240. The molecule has 0 atom stereocenters. The minimum atomic E-state index is -0.439. The van der Waals surface area contributed by atoms with Gasteiger partial charge in [0, 0.05) is 6.20 Å². The Morgan fingerprint density at radius 3 is 2.95 bits per heavy atom. The van der Waals surface area contributed by atoms with Crippen molar-refractivity contribution in [2.24, 2.45) is 0 Å². The molecule has 100 valence electrons. The average Bonchev–Trinajstić information content (AvgIpc) is 2.41. The molecule has 0 fully saturated rings. The normalized spacial score (nSPS) is 9.85. The Morgan fingerprint density at radius 1 is 1.50 bits per heavy atom. The number of pyridine rings is 1. The van der Waals surface area contributed by atoms with E-state index in [9.17, 15) is 4.79 Å². The van der Waals surface area contributed by atoms with Gasteiger partial charge in [0.1, 0.15) is 11.9 Å². The highest BCUT2D eigenvalue weighted by atomic mass is 35.5. The zero-order chi connectivity index (χ0) is 14.7. The van der Waals surface area contributed by atoms with Crippen LogP contribution in [0.5, 0.6) is 0 Å². The summed E-state index contributed by atoms with van der Waals surface area (Å²) in [5.41, 5.74) is 7.38. The Morgan fingerprint density at radius 2 is 2.25 bits per heavy atom. The van der Waals surface area contributed by atoms with Crippen molar-refractivity contribution in [1.82, 2.24) is 4.98 Å². The van der Waals surface area contributed by atoms with E-state index in [1.165, 1.54) is 12.3 Å².